The lowest BCUT2D eigenvalue weighted by atomic mass is 9.99. The van der Waals surface area contributed by atoms with Crippen LogP contribution in [0, 0.1) is 0 Å². The van der Waals surface area contributed by atoms with Crippen LogP contribution in [0.2, 0.25) is 0 Å². The molecule has 1 aromatic rings. The van der Waals surface area contributed by atoms with Crippen LogP contribution in [0.15, 0.2) is 18.2 Å². The normalized spacial score (nSPS) is 16.2. The van der Waals surface area contributed by atoms with E-state index in [0.29, 0.717) is 19.4 Å². The van der Waals surface area contributed by atoms with Gasteiger partial charge in [0.05, 0.1) is 31.0 Å². The number of aliphatic hydroxyl groups is 1. The van der Waals surface area contributed by atoms with Gasteiger partial charge in [-0.2, -0.15) is 0 Å². The van der Waals surface area contributed by atoms with Crippen LogP contribution in [0.5, 0.6) is 0 Å². The Bertz CT molecular complexity index is 761. The molecule has 1 aliphatic heterocycles. The first-order valence-corrected chi connectivity index (χ1v) is 8.96. The second kappa shape index (κ2) is 9.84. The number of nitrogens with one attached hydrogen (secondary N) is 1. The van der Waals surface area contributed by atoms with Gasteiger partial charge in [-0.3, -0.25) is 9.59 Å². The smallest absolute Gasteiger partial charge is 0.339 e. The fraction of sp³-hybridized carbons (Fsp3) is 0.474. The number of aliphatic hydroxyl groups excluding tert-OH is 1. The molecule has 2 amide bonds. The largest absolute Gasteiger partial charge is 0.465 e. The average Bonchev–Trinajstić information content (AvgIpc) is 2.72. The monoisotopic (exact) mass is 392 g/mol. The van der Waals surface area contributed by atoms with E-state index < -0.39 is 23.8 Å². The van der Waals surface area contributed by atoms with Crippen molar-refractivity contribution in [2.24, 2.45) is 0 Å². The van der Waals surface area contributed by atoms with Crippen LogP contribution < -0.4 is 5.32 Å². The van der Waals surface area contributed by atoms with Gasteiger partial charge in [-0.05, 0) is 43.9 Å². The van der Waals surface area contributed by atoms with Crippen LogP contribution in [0.1, 0.15) is 46.4 Å². The second-order valence-corrected chi connectivity index (χ2v) is 6.36. The number of hydrogen-bond donors (Lipinski definition) is 2. The van der Waals surface area contributed by atoms with E-state index in [4.69, 9.17) is 0 Å². The molecule has 9 nitrogen and oxygen atoms in total. The van der Waals surface area contributed by atoms with E-state index in [2.05, 4.69) is 14.8 Å². The van der Waals surface area contributed by atoms with Gasteiger partial charge in [0.15, 0.2) is 0 Å². The Morgan fingerprint density at radius 3 is 2.50 bits per heavy atom. The summed E-state index contributed by atoms with van der Waals surface area (Å²) in [5.41, 5.74) is 0.0831. The van der Waals surface area contributed by atoms with E-state index in [-0.39, 0.29) is 29.5 Å². The van der Waals surface area contributed by atoms with Crippen molar-refractivity contribution in [1.29, 1.82) is 0 Å². The molecule has 28 heavy (non-hydrogen) atoms. The zero-order chi connectivity index (χ0) is 20.7. The van der Waals surface area contributed by atoms with Crippen molar-refractivity contribution in [3.63, 3.8) is 0 Å². The Kier molecular flexibility index (Phi) is 7.51. The van der Waals surface area contributed by atoms with Crippen LogP contribution in [0.25, 0.3) is 0 Å². The first kappa shape index (κ1) is 21.4. The molecule has 1 atom stereocenters. The van der Waals surface area contributed by atoms with Crippen LogP contribution in [0.4, 0.5) is 5.69 Å². The Morgan fingerprint density at radius 2 is 1.86 bits per heavy atom. The third kappa shape index (κ3) is 4.86. The summed E-state index contributed by atoms with van der Waals surface area (Å²) in [6.45, 7) is 0.340. The lowest BCUT2D eigenvalue weighted by molar-refractivity contribution is -0.146. The summed E-state index contributed by atoms with van der Waals surface area (Å²) in [4.78, 5) is 50.3. The van der Waals surface area contributed by atoms with Gasteiger partial charge in [0, 0.05) is 19.2 Å². The summed E-state index contributed by atoms with van der Waals surface area (Å²) in [6, 6.07) is 3.72. The van der Waals surface area contributed by atoms with Crippen molar-refractivity contribution < 1.29 is 33.8 Å². The second-order valence-electron chi connectivity index (χ2n) is 6.36. The topological polar surface area (TPSA) is 122 Å². The molecule has 0 radical (unpaired) electrons. The minimum atomic E-state index is -0.933. The highest BCUT2D eigenvalue weighted by atomic mass is 16.5. The Morgan fingerprint density at radius 1 is 1.14 bits per heavy atom. The maximum atomic E-state index is 12.6. The third-order valence-corrected chi connectivity index (χ3v) is 4.64. The van der Waals surface area contributed by atoms with Crippen molar-refractivity contribution >= 4 is 29.4 Å². The highest BCUT2D eigenvalue weighted by Gasteiger charge is 2.31. The van der Waals surface area contributed by atoms with Crippen LogP contribution >= 0.6 is 0 Å². The van der Waals surface area contributed by atoms with Gasteiger partial charge >= 0.3 is 23.8 Å². The van der Waals surface area contributed by atoms with Crippen molar-refractivity contribution in [2.45, 2.75) is 31.7 Å². The Labute approximate surface area is 162 Å². The Hall–Kier alpha value is -2.94. The quantitative estimate of drug-likeness (QED) is 0.565. The van der Waals surface area contributed by atoms with E-state index in [1.54, 1.807) is 0 Å². The molecule has 1 aromatic carbocycles. The number of likely N-dealkylation sites (tertiary alicyclic amines) is 1. The van der Waals surface area contributed by atoms with E-state index in [1.807, 2.05) is 0 Å². The molecule has 1 fully saturated rings. The molecule has 1 heterocycles. The minimum absolute atomic E-state index is 0.00172. The standard InChI is InChI=1S/C19H24N2O7/c1-27-18(25)12-6-7-14(19(26)28-2)15(11-12)20-16(23)17(24)21-9-4-3-5-13(21)8-10-22/h6-7,11,13,22H,3-5,8-10H2,1-2H3,(H,20,23). The number of benzene rings is 1. The van der Waals surface area contributed by atoms with Crippen molar-refractivity contribution in [3.05, 3.63) is 29.3 Å². The molecule has 152 valence electrons. The summed E-state index contributed by atoms with van der Waals surface area (Å²) in [5, 5.41) is 11.6. The highest BCUT2D eigenvalue weighted by Crippen LogP contribution is 2.22. The number of hydrogen-bond acceptors (Lipinski definition) is 7. The predicted molar refractivity (Wildman–Crippen MR) is 98.8 cm³/mol. The number of ether oxygens (including phenoxy) is 2. The molecule has 2 rings (SSSR count). The molecule has 0 spiro atoms. The number of carbonyl (C=O) groups excluding carboxylic acids is 4. The number of rotatable bonds is 5. The van der Waals surface area contributed by atoms with Crippen LogP contribution in [0.3, 0.4) is 0 Å². The SMILES string of the molecule is COC(=O)c1ccc(C(=O)OC)c(NC(=O)C(=O)N2CCCCC2CCO)c1. The first-order chi connectivity index (χ1) is 13.4. The molecular formula is C19H24N2O7. The maximum absolute atomic E-state index is 12.6. The molecule has 0 aromatic heterocycles. The van der Waals surface area contributed by atoms with E-state index in [0.717, 1.165) is 12.8 Å². The summed E-state index contributed by atoms with van der Waals surface area (Å²) in [5.74, 6) is -3.07. The number of carbonyl (C=O) groups is 4. The molecule has 9 heteroatoms. The predicted octanol–water partition coefficient (Wildman–Crippen LogP) is 0.962. The Balaban J connectivity index is 2.26. The zero-order valence-electron chi connectivity index (χ0n) is 15.9. The molecule has 1 aliphatic rings. The van der Waals surface area contributed by atoms with Gasteiger partial charge in [-0.15, -0.1) is 0 Å². The van der Waals surface area contributed by atoms with Crippen molar-refractivity contribution in [1.82, 2.24) is 4.90 Å². The van der Waals surface area contributed by atoms with Crippen molar-refractivity contribution in [2.75, 3.05) is 32.7 Å². The molecule has 2 N–H and O–H groups in total. The highest BCUT2D eigenvalue weighted by molar-refractivity contribution is 6.40. The summed E-state index contributed by atoms with van der Waals surface area (Å²) in [6.07, 6.45) is 2.80. The van der Waals surface area contributed by atoms with E-state index in [1.165, 1.54) is 37.3 Å². The average molecular weight is 392 g/mol. The van der Waals surface area contributed by atoms with Gasteiger partial charge < -0.3 is 24.8 Å². The number of methoxy groups -OCH3 is 2. The third-order valence-electron chi connectivity index (χ3n) is 4.64. The van der Waals surface area contributed by atoms with E-state index >= 15 is 0 Å². The zero-order valence-corrected chi connectivity index (χ0v) is 15.9. The number of nitrogens with zero attached hydrogens (tertiary/aromatic N) is 1. The number of esters is 2. The first-order valence-electron chi connectivity index (χ1n) is 8.96. The van der Waals surface area contributed by atoms with E-state index in [9.17, 15) is 24.3 Å². The number of anilines is 1. The van der Waals surface area contributed by atoms with Crippen LogP contribution in [-0.2, 0) is 19.1 Å². The fourth-order valence-electron chi connectivity index (χ4n) is 3.20. The number of amides is 2. The van der Waals surface area contributed by atoms with Gasteiger partial charge in [-0.1, -0.05) is 0 Å². The lowest BCUT2D eigenvalue weighted by Gasteiger charge is -2.35. The summed E-state index contributed by atoms with van der Waals surface area (Å²) in [7, 11) is 2.39. The number of piperidine rings is 1. The van der Waals surface area contributed by atoms with Gasteiger partial charge in [0.25, 0.3) is 0 Å². The maximum Gasteiger partial charge on any atom is 0.339 e. The molecule has 0 saturated carbocycles. The lowest BCUT2D eigenvalue weighted by Crippen LogP contribution is -2.48. The van der Waals surface area contributed by atoms with Gasteiger partial charge in [0.1, 0.15) is 0 Å². The molecular weight excluding hydrogens is 368 g/mol. The summed E-state index contributed by atoms with van der Waals surface area (Å²) >= 11 is 0. The molecule has 1 saturated heterocycles. The summed E-state index contributed by atoms with van der Waals surface area (Å²) < 4.78 is 9.32. The van der Waals surface area contributed by atoms with Gasteiger partial charge in [-0.25, -0.2) is 9.59 Å². The molecule has 0 bridgehead atoms. The van der Waals surface area contributed by atoms with Crippen molar-refractivity contribution in [3.8, 4) is 0 Å². The van der Waals surface area contributed by atoms with Gasteiger partial charge in [0.2, 0.25) is 0 Å². The molecule has 1 unspecified atom stereocenters. The fourth-order valence-corrected chi connectivity index (χ4v) is 3.20. The molecule has 0 aliphatic carbocycles. The van der Waals surface area contributed by atoms with Crippen LogP contribution in [-0.4, -0.2) is 67.2 Å². The minimum Gasteiger partial charge on any atom is -0.465 e.